The van der Waals surface area contributed by atoms with E-state index in [4.69, 9.17) is 0 Å². The highest BCUT2D eigenvalue weighted by Crippen LogP contribution is 2.32. The van der Waals surface area contributed by atoms with Crippen LogP contribution in [0.2, 0.25) is 0 Å². The van der Waals surface area contributed by atoms with Crippen LogP contribution in [0.15, 0.2) is 40.2 Å². The maximum absolute atomic E-state index is 3.59. The molecule has 0 radical (unpaired) electrons. The lowest BCUT2D eigenvalue weighted by molar-refractivity contribution is 0.575. The third kappa shape index (κ3) is 1.83. The highest BCUT2D eigenvalue weighted by molar-refractivity contribution is 9.10. The molecule has 3 heteroatoms. The van der Waals surface area contributed by atoms with E-state index in [2.05, 4.69) is 57.0 Å². The first-order chi connectivity index (χ1) is 7.84. The van der Waals surface area contributed by atoms with Crippen LogP contribution in [0.25, 0.3) is 0 Å². The number of thiophene rings is 1. The number of fused-ring (bicyclic) bond motifs is 1. The summed E-state index contributed by atoms with van der Waals surface area (Å²) in [6.45, 7) is 1.08. The number of nitrogens with one attached hydrogen (secondary N) is 1. The van der Waals surface area contributed by atoms with Crippen LogP contribution in [0.5, 0.6) is 0 Å². The van der Waals surface area contributed by atoms with E-state index in [1.54, 1.807) is 0 Å². The van der Waals surface area contributed by atoms with Crippen molar-refractivity contribution in [3.05, 3.63) is 56.2 Å². The van der Waals surface area contributed by atoms with Crippen LogP contribution in [0.4, 0.5) is 0 Å². The number of halogens is 1. The monoisotopic (exact) mass is 293 g/mol. The maximum atomic E-state index is 3.59. The van der Waals surface area contributed by atoms with Gasteiger partial charge in [0.2, 0.25) is 0 Å². The Bertz CT molecular complexity index is 489. The van der Waals surface area contributed by atoms with Crippen molar-refractivity contribution in [1.82, 2.24) is 5.32 Å². The summed E-state index contributed by atoms with van der Waals surface area (Å²) in [5.41, 5.74) is 2.81. The van der Waals surface area contributed by atoms with Crippen molar-refractivity contribution < 1.29 is 0 Å². The molecule has 2 heterocycles. The molecule has 1 aliphatic rings. The summed E-state index contributed by atoms with van der Waals surface area (Å²) in [6, 6.07) is 11.2. The Labute approximate surface area is 108 Å². The summed E-state index contributed by atoms with van der Waals surface area (Å²) in [5, 5.41) is 5.79. The quantitative estimate of drug-likeness (QED) is 0.844. The van der Waals surface area contributed by atoms with Gasteiger partial charge in [-0.05, 0) is 41.1 Å². The van der Waals surface area contributed by atoms with Crippen molar-refractivity contribution in [3.63, 3.8) is 0 Å². The van der Waals surface area contributed by atoms with E-state index in [0.717, 1.165) is 11.0 Å². The summed E-state index contributed by atoms with van der Waals surface area (Å²) >= 11 is 5.35. The molecule has 1 nitrogen and oxygen atoms in total. The molecule has 0 saturated heterocycles. The van der Waals surface area contributed by atoms with Crippen LogP contribution in [0.3, 0.4) is 0 Å². The fourth-order valence-electron chi connectivity index (χ4n) is 2.20. The van der Waals surface area contributed by atoms with Crippen LogP contribution >= 0.6 is 27.3 Å². The predicted molar refractivity (Wildman–Crippen MR) is 72.0 cm³/mol. The average Bonchev–Trinajstić information content (AvgIpc) is 2.78. The second kappa shape index (κ2) is 4.32. The third-order valence-electron chi connectivity index (χ3n) is 2.99. The topological polar surface area (TPSA) is 12.0 Å². The summed E-state index contributed by atoms with van der Waals surface area (Å²) in [5.74, 6) is 0. The van der Waals surface area contributed by atoms with Crippen molar-refractivity contribution >= 4 is 27.3 Å². The number of hydrogen-bond acceptors (Lipinski definition) is 2. The molecular weight excluding hydrogens is 282 g/mol. The molecule has 0 aliphatic carbocycles. The second-order valence-corrected chi connectivity index (χ2v) is 5.90. The van der Waals surface area contributed by atoms with Crippen molar-refractivity contribution in [3.8, 4) is 0 Å². The zero-order valence-corrected chi connectivity index (χ0v) is 11.1. The summed E-state index contributed by atoms with van der Waals surface area (Å²) < 4.78 is 1.14. The largest absolute Gasteiger partial charge is 0.306 e. The second-order valence-electron chi connectivity index (χ2n) is 3.99. The van der Waals surface area contributed by atoms with E-state index in [-0.39, 0.29) is 0 Å². The van der Waals surface area contributed by atoms with Crippen molar-refractivity contribution in [2.45, 2.75) is 12.5 Å². The van der Waals surface area contributed by atoms with Crippen LogP contribution in [0, 0.1) is 0 Å². The molecule has 0 saturated carbocycles. The average molecular weight is 294 g/mol. The molecule has 1 aromatic carbocycles. The Morgan fingerprint density at radius 2 is 2.00 bits per heavy atom. The van der Waals surface area contributed by atoms with E-state index in [0.29, 0.717) is 6.04 Å². The SMILES string of the molecule is Brc1ccc(C2NCCc3sccc32)cc1. The summed E-state index contributed by atoms with van der Waals surface area (Å²) in [7, 11) is 0. The van der Waals surface area contributed by atoms with Gasteiger partial charge in [0.05, 0.1) is 6.04 Å². The molecule has 82 valence electrons. The molecule has 0 spiro atoms. The molecule has 1 aromatic heterocycles. The van der Waals surface area contributed by atoms with E-state index >= 15 is 0 Å². The van der Waals surface area contributed by atoms with Crippen molar-refractivity contribution in [1.29, 1.82) is 0 Å². The maximum Gasteiger partial charge on any atom is 0.0587 e. The number of rotatable bonds is 1. The van der Waals surface area contributed by atoms with Crippen LogP contribution in [-0.2, 0) is 6.42 Å². The van der Waals surface area contributed by atoms with Gasteiger partial charge in [-0.25, -0.2) is 0 Å². The molecule has 16 heavy (non-hydrogen) atoms. The third-order valence-corrected chi connectivity index (χ3v) is 4.52. The van der Waals surface area contributed by atoms with E-state index in [9.17, 15) is 0 Å². The zero-order valence-electron chi connectivity index (χ0n) is 8.74. The Balaban J connectivity index is 2.00. The molecule has 1 N–H and O–H groups in total. The minimum atomic E-state index is 0.378. The first kappa shape index (κ1) is 10.5. The van der Waals surface area contributed by atoms with Crippen LogP contribution in [0.1, 0.15) is 22.0 Å². The zero-order chi connectivity index (χ0) is 11.0. The standard InChI is InChI=1S/C13H12BrNS/c14-10-3-1-9(2-4-10)13-11-6-8-16-12(11)5-7-15-13/h1-4,6,8,13,15H,5,7H2. The smallest absolute Gasteiger partial charge is 0.0587 e. The highest BCUT2D eigenvalue weighted by atomic mass is 79.9. The van der Waals surface area contributed by atoms with Gasteiger partial charge in [-0.3, -0.25) is 0 Å². The number of hydrogen-bond donors (Lipinski definition) is 1. The van der Waals surface area contributed by atoms with Crippen molar-refractivity contribution in [2.24, 2.45) is 0 Å². The molecule has 1 unspecified atom stereocenters. The Hall–Kier alpha value is -0.640. The van der Waals surface area contributed by atoms with E-state index in [1.165, 1.54) is 22.4 Å². The lowest BCUT2D eigenvalue weighted by Gasteiger charge is -2.24. The van der Waals surface area contributed by atoms with Gasteiger partial charge in [-0.15, -0.1) is 11.3 Å². The molecule has 2 aromatic rings. The summed E-state index contributed by atoms with van der Waals surface area (Å²) in [6.07, 6.45) is 1.17. The first-order valence-electron chi connectivity index (χ1n) is 5.40. The molecule has 0 bridgehead atoms. The lowest BCUT2D eigenvalue weighted by Crippen LogP contribution is -2.29. The normalized spacial score (nSPS) is 19.4. The van der Waals surface area contributed by atoms with Gasteiger partial charge >= 0.3 is 0 Å². The fourth-order valence-corrected chi connectivity index (χ4v) is 3.39. The minimum absolute atomic E-state index is 0.378. The highest BCUT2D eigenvalue weighted by Gasteiger charge is 2.21. The molecular formula is C13H12BrNS. The molecule has 0 fully saturated rings. The van der Waals surface area contributed by atoms with Crippen molar-refractivity contribution in [2.75, 3.05) is 6.54 Å². The Kier molecular flexibility index (Phi) is 2.84. The molecule has 0 amide bonds. The Morgan fingerprint density at radius 3 is 2.81 bits per heavy atom. The van der Waals surface area contributed by atoms with Gasteiger partial charge in [-0.1, -0.05) is 28.1 Å². The van der Waals surface area contributed by atoms with Gasteiger partial charge in [0.1, 0.15) is 0 Å². The predicted octanol–water partition coefficient (Wildman–Crippen LogP) is 3.75. The fraction of sp³-hybridized carbons (Fsp3) is 0.231. The summed E-state index contributed by atoms with van der Waals surface area (Å²) in [4.78, 5) is 1.53. The number of benzene rings is 1. The van der Waals surface area contributed by atoms with Gasteiger partial charge in [-0.2, -0.15) is 0 Å². The van der Waals surface area contributed by atoms with Gasteiger partial charge in [0, 0.05) is 15.9 Å². The van der Waals surface area contributed by atoms with Crippen LogP contribution in [-0.4, -0.2) is 6.54 Å². The Morgan fingerprint density at radius 1 is 1.19 bits per heavy atom. The minimum Gasteiger partial charge on any atom is -0.306 e. The molecule has 3 rings (SSSR count). The van der Waals surface area contributed by atoms with Gasteiger partial charge < -0.3 is 5.32 Å². The lowest BCUT2D eigenvalue weighted by atomic mass is 9.96. The van der Waals surface area contributed by atoms with E-state index < -0.39 is 0 Å². The first-order valence-corrected chi connectivity index (χ1v) is 7.07. The molecule has 1 aliphatic heterocycles. The van der Waals surface area contributed by atoms with Crippen LogP contribution < -0.4 is 5.32 Å². The van der Waals surface area contributed by atoms with Gasteiger partial charge in [0.15, 0.2) is 0 Å². The molecule has 1 atom stereocenters. The van der Waals surface area contributed by atoms with E-state index in [1.807, 2.05) is 11.3 Å². The van der Waals surface area contributed by atoms with Gasteiger partial charge in [0.25, 0.3) is 0 Å².